The van der Waals surface area contributed by atoms with E-state index in [-0.39, 0.29) is 114 Å². The van der Waals surface area contributed by atoms with Crippen LogP contribution in [0.1, 0.15) is 197 Å². The van der Waals surface area contributed by atoms with Crippen molar-refractivity contribution in [3.63, 3.8) is 0 Å². The average molecular weight is 1470 g/mol. The van der Waals surface area contributed by atoms with Crippen LogP contribution in [0.15, 0.2) is 0 Å². The van der Waals surface area contributed by atoms with E-state index in [1.165, 1.54) is 0 Å². The maximum atomic E-state index is 14.3. The highest BCUT2D eigenvalue weighted by Gasteiger charge is 2.35. The van der Waals surface area contributed by atoms with Crippen molar-refractivity contribution in [1.29, 1.82) is 0 Å². The van der Waals surface area contributed by atoms with Crippen LogP contribution in [0.3, 0.4) is 0 Å². The van der Waals surface area contributed by atoms with Gasteiger partial charge in [0.1, 0.15) is 60.9 Å². The fourth-order valence-electron chi connectivity index (χ4n) is 10.8. The lowest BCUT2D eigenvalue weighted by atomic mass is 10.0. The molecule has 13 amide bonds. The molecule has 0 spiro atoms. The van der Waals surface area contributed by atoms with Crippen LogP contribution < -0.4 is 109 Å². The van der Waals surface area contributed by atoms with Gasteiger partial charge in [-0.05, 0) is 198 Å². The third kappa shape index (κ3) is 44.5. The molecule has 0 aliphatic carbocycles. The SMILES string of the molecule is CC(C)C[C@H](NC(=O)[C@H](CCCCN)NC(=O)CNC(=O)[C@H](CC(C)C)NC(=O)[C@H](CCCCN)NC(=O)[C@H](CCCCN)NC(=O)CNC(=O)[C@H](CC(C)C)NC(=O)[C@@H](N)CCCCN)C(=O)NCC(=O)N[C@@H](CCCCN)C(=O)N[C@@H](CCCCN)C(=O)N[C@@H](CC(C)C)C(=O)NCC(=O)O. The monoisotopic (exact) mass is 1470 g/mol. The Labute approximate surface area is 608 Å². The van der Waals surface area contributed by atoms with Gasteiger partial charge in [0.15, 0.2) is 0 Å². The summed E-state index contributed by atoms with van der Waals surface area (Å²) in [6.45, 7) is 13.7. The molecular formula is C68H130N20O15. The van der Waals surface area contributed by atoms with Crippen LogP contribution in [0.4, 0.5) is 0 Å². The Hall–Kier alpha value is -7.70. The normalized spacial score (nSPS) is 14.2. The number of nitrogens with two attached hydrogens (primary N) is 7. The number of hydrogen-bond acceptors (Lipinski definition) is 21. The number of carbonyl (C=O) groups is 14. The second-order valence-electron chi connectivity index (χ2n) is 27.8. The summed E-state index contributed by atoms with van der Waals surface area (Å²) in [6.07, 6.45) is 6.81. The van der Waals surface area contributed by atoms with E-state index in [9.17, 15) is 67.1 Å². The van der Waals surface area contributed by atoms with E-state index in [1.807, 2.05) is 13.8 Å². The van der Waals surface area contributed by atoms with Gasteiger partial charge in [0.05, 0.1) is 25.7 Å². The van der Waals surface area contributed by atoms with Crippen LogP contribution in [0.5, 0.6) is 0 Å². The molecular weight excluding hydrogens is 1340 g/mol. The molecule has 35 nitrogen and oxygen atoms in total. The molecule has 592 valence electrons. The van der Waals surface area contributed by atoms with Gasteiger partial charge in [-0.25, -0.2) is 0 Å². The lowest BCUT2D eigenvalue weighted by Gasteiger charge is -2.27. The van der Waals surface area contributed by atoms with Crippen LogP contribution in [0.2, 0.25) is 0 Å². The zero-order chi connectivity index (χ0) is 78.0. The van der Waals surface area contributed by atoms with Crippen LogP contribution in [-0.2, 0) is 67.1 Å². The predicted molar refractivity (Wildman–Crippen MR) is 390 cm³/mol. The summed E-state index contributed by atoms with van der Waals surface area (Å²) in [7, 11) is 0. The number of hydrogen-bond donors (Lipinski definition) is 21. The van der Waals surface area contributed by atoms with Crippen molar-refractivity contribution in [3.8, 4) is 0 Å². The van der Waals surface area contributed by atoms with Gasteiger partial charge in [0.25, 0.3) is 0 Å². The molecule has 0 bridgehead atoms. The molecule has 0 saturated heterocycles. The van der Waals surface area contributed by atoms with E-state index in [1.54, 1.807) is 41.5 Å². The summed E-state index contributed by atoms with van der Waals surface area (Å²) in [4.78, 5) is 190. The molecule has 103 heavy (non-hydrogen) atoms. The zero-order valence-electron chi connectivity index (χ0n) is 62.4. The number of carboxylic acid groups (broad SMARTS) is 1. The fraction of sp³-hybridized carbons (Fsp3) is 0.794. The van der Waals surface area contributed by atoms with E-state index in [0.717, 1.165) is 0 Å². The highest BCUT2D eigenvalue weighted by atomic mass is 16.4. The van der Waals surface area contributed by atoms with E-state index >= 15 is 0 Å². The van der Waals surface area contributed by atoms with Gasteiger partial charge in [-0.2, -0.15) is 0 Å². The maximum absolute atomic E-state index is 14.3. The smallest absolute Gasteiger partial charge is 0.322 e. The second-order valence-corrected chi connectivity index (χ2v) is 27.8. The predicted octanol–water partition coefficient (Wildman–Crippen LogP) is -3.82. The van der Waals surface area contributed by atoms with Crippen molar-refractivity contribution >= 4 is 82.8 Å². The molecule has 0 aliphatic rings. The summed E-state index contributed by atoms with van der Waals surface area (Å²) < 4.78 is 0. The molecule has 0 radical (unpaired) electrons. The van der Waals surface area contributed by atoms with Crippen molar-refractivity contribution < 1.29 is 72.2 Å². The van der Waals surface area contributed by atoms with Crippen molar-refractivity contribution in [2.75, 3.05) is 65.4 Å². The van der Waals surface area contributed by atoms with E-state index in [0.29, 0.717) is 90.0 Å². The number of carbonyl (C=O) groups excluding carboxylic acids is 13. The summed E-state index contributed by atoms with van der Waals surface area (Å²) in [6, 6.07) is -11.7. The Balaban J connectivity index is 6.48. The molecule has 0 aliphatic heterocycles. The van der Waals surface area contributed by atoms with Gasteiger partial charge in [0.2, 0.25) is 76.8 Å². The van der Waals surface area contributed by atoms with Gasteiger partial charge in [-0.15, -0.1) is 0 Å². The van der Waals surface area contributed by atoms with Crippen LogP contribution >= 0.6 is 0 Å². The van der Waals surface area contributed by atoms with Crippen LogP contribution in [0, 0.1) is 23.7 Å². The third-order valence-corrected chi connectivity index (χ3v) is 16.3. The molecule has 0 heterocycles. The Bertz CT molecular complexity index is 2600. The molecule has 0 saturated carbocycles. The highest BCUT2D eigenvalue weighted by Crippen LogP contribution is 2.14. The summed E-state index contributed by atoms with van der Waals surface area (Å²) in [5, 5.41) is 43.0. The Morgan fingerprint density at radius 2 is 0.447 bits per heavy atom. The summed E-state index contributed by atoms with van der Waals surface area (Å²) in [5.74, 6) is -11.4. The van der Waals surface area contributed by atoms with Crippen molar-refractivity contribution in [2.24, 2.45) is 63.8 Å². The van der Waals surface area contributed by atoms with Crippen molar-refractivity contribution in [3.05, 3.63) is 0 Å². The van der Waals surface area contributed by atoms with E-state index in [4.69, 9.17) is 45.2 Å². The first kappa shape index (κ1) is 95.3. The van der Waals surface area contributed by atoms with Crippen molar-refractivity contribution in [2.45, 2.75) is 257 Å². The molecule has 35 heteroatoms. The molecule has 0 aromatic carbocycles. The first-order valence-electron chi connectivity index (χ1n) is 36.8. The Morgan fingerprint density at radius 3 is 0.660 bits per heavy atom. The van der Waals surface area contributed by atoms with Crippen LogP contribution in [0.25, 0.3) is 0 Å². The number of aliphatic carboxylic acids is 1. The average Bonchev–Trinajstić information content (AvgIpc) is 0.881. The lowest BCUT2D eigenvalue weighted by Crippen LogP contribution is -2.58. The quantitative estimate of drug-likeness (QED) is 0.0260. The minimum Gasteiger partial charge on any atom is -0.480 e. The number of unbranched alkanes of at least 4 members (excludes halogenated alkanes) is 6. The summed E-state index contributed by atoms with van der Waals surface area (Å²) in [5.41, 5.74) is 40.5. The largest absolute Gasteiger partial charge is 0.480 e. The van der Waals surface area contributed by atoms with Gasteiger partial charge in [0, 0.05) is 0 Å². The van der Waals surface area contributed by atoms with E-state index < -0.39 is 169 Å². The number of rotatable bonds is 59. The first-order valence-corrected chi connectivity index (χ1v) is 36.8. The molecule has 0 unspecified atom stereocenters. The minimum atomic E-state index is -1.29. The standard InChI is InChI=1S/C68H130N20O15/c1-41(2)33-51(85-59(94)45(75)21-9-15-27-69)60(95)76-37-55(89)80-46(22-10-16-28-70)64(99)83-49(25-13-19-31-73)67(102)87-53(35-43(5)6)62(97)78-39-57(91)82-48(24-12-18-30-72)66(101)86-52(34-42(3)4)61(96)77-38-56(90)81-47(23-11-17-29-71)65(100)84-50(26-14-20-32-74)68(103)88-54(36-44(7)8)63(98)79-40-58(92)93/h41-54H,9-40,69-75H2,1-8H3,(H,76,95)(H,77,96)(H,78,97)(H,79,98)(H,80,89)(H,81,90)(H,82,91)(H,83,99)(H,84,100)(H,85,94)(H,86,101)(H,87,102)(H,88,103)(H,92,93)/t45-,46-,47-,48-,49-,50-,51-,52-,53-,54-/m0/s1. The van der Waals surface area contributed by atoms with E-state index in [2.05, 4.69) is 69.1 Å². The first-order chi connectivity index (χ1) is 48.8. The lowest BCUT2D eigenvalue weighted by molar-refractivity contribution is -0.138. The van der Waals surface area contributed by atoms with Crippen LogP contribution in [-0.4, -0.2) is 214 Å². The van der Waals surface area contributed by atoms with Gasteiger partial charge in [-0.1, -0.05) is 61.8 Å². The van der Waals surface area contributed by atoms with Crippen molar-refractivity contribution in [1.82, 2.24) is 69.1 Å². The third-order valence-electron chi connectivity index (χ3n) is 16.3. The summed E-state index contributed by atoms with van der Waals surface area (Å²) >= 11 is 0. The van der Waals surface area contributed by atoms with Gasteiger partial charge >= 0.3 is 5.97 Å². The van der Waals surface area contributed by atoms with Gasteiger partial charge in [-0.3, -0.25) is 67.1 Å². The van der Waals surface area contributed by atoms with Gasteiger partial charge < -0.3 is 114 Å². The second kappa shape index (κ2) is 55.8. The zero-order valence-corrected chi connectivity index (χ0v) is 62.4. The number of nitrogens with one attached hydrogen (secondary N) is 13. The fourth-order valence-corrected chi connectivity index (χ4v) is 10.8. The number of amides is 13. The maximum Gasteiger partial charge on any atom is 0.322 e. The molecule has 0 rings (SSSR count). The highest BCUT2D eigenvalue weighted by molar-refractivity contribution is 5.99. The minimum absolute atomic E-state index is 0.0308. The molecule has 28 N–H and O–H groups in total. The molecule has 10 atom stereocenters. The Kier molecular flexibility index (Phi) is 51.6. The number of carboxylic acids is 1. The Morgan fingerprint density at radius 1 is 0.252 bits per heavy atom. The topological polar surface area (TPSA) is 598 Å². The molecule has 0 aromatic heterocycles. The molecule has 0 fully saturated rings. The molecule has 0 aromatic rings.